The molecule has 0 bridgehead atoms. The van der Waals surface area contributed by atoms with Crippen molar-refractivity contribution < 1.29 is 9.53 Å². The van der Waals surface area contributed by atoms with E-state index in [-0.39, 0.29) is 18.1 Å². The molecule has 5 heteroatoms. The molecule has 0 aromatic heterocycles. The summed E-state index contributed by atoms with van der Waals surface area (Å²) in [5.74, 6) is 1.39. The Morgan fingerprint density at radius 3 is 2.45 bits per heavy atom. The Bertz CT molecular complexity index is 967. The second kappa shape index (κ2) is 9.73. The number of ether oxygens (including phenoxy) is 1. The Hall–Kier alpha value is -2.53. The molecule has 1 aliphatic carbocycles. The molecule has 1 saturated heterocycles. The van der Waals surface area contributed by atoms with E-state index >= 15 is 0 Å². The first-order chi connectivity index (χ1) is 15.0. The summed E-state index contributed by atoms with van der Waals surface area (Å²) in [5.41, 5.74) is 1.87. The van der Waals surface area contributed by atoms with Gasteiger partial charge >= 0.3 is 0 Å². The molecule has 31 heavy (non-hydrogen) atoms. The molecule has 1 aliphatic heterocycles. The summed E-state index contributed by atoms with van der Waals surface area (Å²) >= 11 is 1.48. The van der Waals surface area contributed by atoms with Gasteiger partial charge in [0, 0.05) is 6.04 Å². The highest BCUT2D eigenvalue weighted by Gasteiger charge is 2.41. The number of carbonyl (C=O) groups is 1. The predicted molar refractivity (Wildman–Crippen MR) is 130 cm³/mol. The summed E-state index contributed by atoms with van der Waals surface area (Å²) in [4.78, 5) is 21.0. The maximum absolute atomic E-state index is 13.5. The molecule has 1 saturated carbocycles. The number of aliphatic imine (C=N–C) groups is 1. The third-order valence-electron chi connectivity index (χ3n) is 5.77. The maximum Gasteiger partial charge on any atom is 0.267 e. The van der Waals surface area contributed by atoms with Crippen LogP contribution in [0.5, 0.6) is 5.75 Å². The van der Waals surface area contributed by atoms with Crippen molar-refractivity contribution in [1.29, 1.82) is 0 Å². The molecule has 2 aliphatic rings. The fourth-order valence-corrected chi connectivity index (χ4v) is 5.26. The van der Waals surface area contributed by atoms with Crippen molar-refractivity contribution >= 4 is 34.6 Å². The van der Waals surface area contributed by atoms with E-state index in [1.54, 1.807) is 0 Å². The summed E-state index contributed by atoms with van der Waals surface area (Å²) in [6.45, 7) is 6.29. The number of amides is 1. The van der Waals surface area contributed by atoms with Gasteiger partial charge in [0.15, 0.2) is 5.17 Å². The van der Waals surface area contributed by atoms with E-state index in [1.807, 2.05) is 79.4 Å². The molecule has 1 heterocycles. The zero-order valence-electron chi connectivity index (χ0n) is 18.5. The van der Waals surface area contributed by atoms with Gasteiger partial charge in [0.2, 0.25) is 0 Å². The maximum atomic E-state index is 13.5. The Morgan fingerprint density at radius 2 is 1.77 bits per heavy atom. The quantitative estimate of drug-likeness (QED) is 0.494. The van der Waals surface area contributed by atoms with Gasteiger partial charge in [0.05, 0.1) is 16.7 Å². The first-order valence-corrected chi connectivity index (χ1v) is 12.0. The molecule has 4 rings (SSSR count). The zero-order valence-corrected chi connectivity index (χ0v) is 19.3. The van der Waals surface area contributed by atoms with Crippen LogP contribution in [0.3, 0.4) is 0 Å². The van der Waals surface area contributed by atoms with Crippen LogP contribution in [-0.4, -0.2) is 28.1 Å². The van der Waals surface area contributed by atoms with Crippen LogP contribution in [0.4, 0.5) is 5.69 Å². The van der Waals surface area contributed by atoms with Crippen molar-refractivity contribution in [2.45, 2.75) is 58.6 Å². The average molecular weight is 435 g/mol. The van der Waals surface area contributed by atoms with Gasteiger partial charge in [-0.25, -0.2) is 4.99 Å². The lowest BCUT2D eigenvalue weighted by Gasteiger charge is -2.35. The number of hydrogen-bond acceptors (Lipinski definition) is 4. The van der Waals surface area contributed by atoms with Gasteiger partial charge < -0.3 is 4.74 Å². The lowest BCUT2D eigenvalue weighted by Crippen LogP contribution is -2.44. The Balaban J connectivity index is 1.64. The highest BCUT2D eigenvalue weighted by atomic mass is 32.2. The van der Waals surface area contributed by atoms with Crippen LogP contribution in [-0.2, 0) is 4.79 Å². The van der Waals surface area contributed by atoms with Crippen molar-refractivity contribution in [2.24, 2.45) is 10.9 Å². The SMILES string of the molecule is CC(C)Oc1ccc(/C=C2\SC(=Nc3ccccc3)N([C@H]3CCCC[C@H]3C)C2=O)cc1. The monoisotopic (exact) mass is 434 g/mol. The van der Waals surface area contributed by atoms with Crippen molar-refractivity contribution in [1.82, 2.24) is 4.90 Å². The predicted octanol–water partition coefficient (Wildman–Crippen LogP) is 6.66. The Morgan fingerprint density at radius 1 is 1.06 bits per heavy atom. The molecule has 2 aromatic rings. The lowest BCUT2D eigenvalue weighted by atomic mass is 9.85. The van der Waals surface area contributed by atoms with Crippen LogP contribution in [0.25, 0.3) is 6.08 Å². The number of para-hydroxylation sites is 1. The van der Waals surface area contributed by atoms with E-state index in [9.17, 15) is 4.79 Å². The smallest absolute Gasteiger partial charge is 0.267 e. The molecular weight excluding hydrogens is 404 g/mol. The van der Waals surface area contributed by atoms with Crippen LogP contribution >= 0.6 is 11.8 Å². The Labute approximate surface area is 189 Å². The number of thioether (sulfide) groups is 1. The van der Waals surface area contributed by atoms with Gasteiger partial charge in [-0.3, -0.25) is 9.69 Å². The van der Waals surface area contributed by atoms with Crippen LogP contribution in [0.15, 0.2) is 64.5 Å². The van der Waals surface area contributed by atoms with Gasteiger partial charge in [-0.05, 0) is 80.3 Å². The normalized spacial score (nSPS) is 24.4. The van der Waals surface area contributed by atoms with E-state index in [0.717, 1.165) is 39.9 Å². The van der Waals surface area contributed by atoms with E-state index in [1.165, 1.54) is 24.6 Å². The minimum absolute atomic E-state index is 0.0703. The van der Waals surface area contributed by atoms with E-state index < -0.39 is 0 Å². The van der Waals surface area contributed by atoms with E-state index in [4.69, 9.17) is 9.73 Å². The Kier molecular flexibility index (Phi) is 6.81. The molecule has 0 radical (unpaired) electrons. The summed E-state index contributed by atoms with van der Waals surface area (Å²) in [5, 5.41) is 0.793. The number of amidine groups is 1. The minimum atomic E-state index is 0.0703. The van der Waals surface area contributed by atoms with Crippen LogP contribution in [0.2, 0.25) is 0 Å². The second-order valence-corrected chi connectivity index (χ2v) is 9.59. The standard InChI is InChI=1S/C26H30N2O2S/c1-18(2)30-22-15-13-20(14-16-22)17-24-25(29)28(23-12-8-7-9-19(23)3)26(31-24)27-21-10-5-4-6-11-21/h4-6,10-11,13-19,23H,7-9,12H2,1-3H3/b24-17-,27-26?/t19-,23+/m1/s1. The largest absolute Gasteiger partial charge is 0.491 e. The van der Waals surface area contributed by atoms with Crippen molar-refractivity contribution in [3.8, 4) is 5.75 Å². The first-order valence-electron chi connectivity index (χ1n) is 11.1. The average Bonchev–Trinajstić information content (AvgIpc) is 3.05. The molecule has 4 nitrogen and oxygen atoms in total. The zero-order chi connectivity index (χ0) is 21.8. The fraction of sp³-hybridized carbons (Fsp3) is 0.385. The highest BCUT2D eigenvalue weighted by molar-refractivity contribution is 8.18. The summed E-state index contributed by atoms with van der Waals surface area (Å²) < 4.78 is 5.73. The highest BCUT2D eigenvalue weighted by Crippen LogP contribution is 2.40. The number of benzene rings is 2. The van der Waals surface area contributed by atoms with Gasteiger partial charge in [0.1, 0.15) is 5.75 Å². The molecule has 2 aromatic carbocycles. The lowest BCUT2D eigenvalue weighted by molar-refractivity contribution is -0.124. The van der Waals surface area contributed by atoms with E-state index in [0.29, 0.717) is 5.92 Å². The summed E-state index contributed by atoms with van der Waals surface area (Å²) in [6.07, 6.45) is 6.72. The van der Waals surface area contributed by atoms with Crippen LogP contribution in [0.1, 0.15) is 52.0 Å². The second-order valence-electron chi connectivity index (χ2n) is 8.58. The molecule has 1 amide bonds. The van der Waals surface area contributed by atoms with E-state index in [2.05, 4.69) is 6.92 Å². The van der Waals surface area contributed by atoms with Crippen molar-refractivity contribution in [2.75, 3.05) is 0 Å². The van der Waals surface area contributed by atoms with Crippen LogP contribution in [0, 0.1) is 5.92 Å². The van der Waals surface area contributed by atoms with Crippen molar-refractivity contribution in [3.05, 3.63) is 65.1 Å². The topological polar surface area (TPSA) is 41.9 Å². The first kappa shape index (κ1) is 21.7. The molecule has 0 N–H and O–H groups in total. The molecule has 162 valence electrons. The molecular formula is C26H30N2O2S. The number of rotatable bonds is 5. The van der Waals surface area contributed by atoms with Gasteiger partial charge in [-0.2, -0.15) is 0 Å². The third-order valence-corrected chi connectivity index (χ3v) is 6.75. The van der Waals surface area contributed by atoms with Gasteiger partial charge in [0.25, 0.3) is 5.91 Å². The third kappa shape index (κ3) is 5.21. The molecule has 2 fully saturated rings. The fourth-order valence-electron chi connectivity index (χ4n) is 4.22. The molecule has 2 atom stereocenters. The van der Waals surface area contributed by atoms with Crippen LogP contribution < -0.4 is 4.74 Å². The summed E-state index contributed by atoms with van der Waals surface area (Å²) in [6, 6.07) is 18.0. The summed E-state index contributed by atoms with van der Waals surface area (Å²) in [7, 11) is 0. The van der Waals surface area contributed by atoms with Gasteiger partial charge in [-0.15, -0.1) is 0 Å². The minimum Gasteiger partial charge on any atom is -0.491 e. The number of hydrogen-bond donors (Lipinski definition) is 0. The van der Waals surface area contributed by atoms with Crippen molar-refractivity contribution in [3.63, 3.8) is 0 Å². The molecule has 0 unspecified atom stereocenters. The molecule has 0 spiro atoms. The number of nitrogens with zero attached hydrogens (tertiary/aromatic N) is 2. The number of carbonyl (C=O) groups excluding carboxylic acids is 1. The van der Waals surface area contributed by atoms with Gasteiger partial charge in [-0.1, -0.05) is 50.1 Å².